The SMILES string of the molecule is Cc1ccc([C@H]2CCN([O-])/C2=C/OCCCc2cc(-c3ncccn3)n[n+](C)c2C)cc1. The summed E-state index contributed by atoms with van der Waals surface area (Å²) in [5.41, 5.74) is 6.14. The first-order valence-corrected chi connectivity index (χ1v) is 11.0. The Balaban J connectivity index is 1.38. The molecule has 0 saturated carbocycles. The summed E-state index contributed by atoms with van der Waals surface area (Å²) in [5.74, 6) is 0.715. The highest BCUT2D eigenvalue weighted by Crippen LogP contribution is 2.36. The lowest BCUT2D eigenvalue weighted by Gasteiger charge is -2.27. The van der Waals surface area contributed by atoms with Crippen LogP contribution < -0.4 is 4.68 Å². The Morgan fingerprint density at radius 1 is 1.19 bits per heavy atom. The second kappa shape index (κ2) is 9.87. The third-order valence-corrected chi connectivity index (χ3v) is 5.97. The average molecular weight is 432 g/mol. The summed E-state index contributed by atoms with van der Waals surface area (Å²) >= 11 is 0. The van der Waals surface area contributed by atoms with Crippen LogP contribution in [0.2, 0.25) is 0 Å². The third-order valence-electron chi connectivity index (χ3n) is 5.97. The molecule has 1 aromatic carbocycles. The number of aromatic nitrogens is 4. The molecule has 1 aliphatic rings. The van der Waals surface area contributed by atoms with Crippen LogP contribution in [0.5, 0.6) is 0 Å². The van der Waals surface area contributed by atoms with Gasteiger partial charge in [0, 0.05) is 48.1 Å². The van der Waals surface area contributed by atoms with Crippen LogP contribution in [-0.2, 0) is 18.2 Å². The van der Waals surface area contributed by atoms with E-state index in [1.165, 1.54) is 16.7 Å². The molecule has 0 spiro atoms. The van der Waals surface area contributed by atoms with Crippen LogP contribution in [0.3, 0.4) is 0 Å². The van der Waals surface area contributed by atoms with Crippen LogP contribution in [0.25, 0.3) is 11.5 Å². The van der Waals surface area contributed by atoms with Crippen molar-refractivity contribution in [3.63, 3.8) is 0 Å². The largest absolute Gasteiger partial charge is 0.758 e. The normalized spacial score (nSPS) is 17.2. The molecule has 0 unspecified atom stereocenters. The van der Waals surface area contributed by atoms with Crippen molar-refractivity contribution in [1.82, 2.24) is 20.1 Å². The summed E-state index contributed by atoms with van der Waals surface area (Å²) in [4.78, 5) is 8.61. The molecular weight excluding hydrogens is 402 g/mol. The van der Waals surface area contributed by atoms with Gasteiger partial charge in [-0.2, -0.15) is 0 Å². The molecular formula is C25H29N5O2. The van der Waals surface area contributed by atoms with Gasteiger partial charge in [-0.25, -0.2) is 9.97 Å². The van der Waals surface area contributed by atoms with E-state index in [0.717, 1.165) is 35.7 Å². The molecule has 166 valence electrons. The maximum Gasteiger partial charge on any atom is 0.208 e. The van der Waals surface area contributed by atoms with Gasteiger partial charge in [0.05, 0.1) is 6.61 Å². The zero-order valence-corrected chi connectivity index (χ0v) is 18.9. The minimum absolute atomic E-state index is 0.100. The van der Waals surface area contributed by atoms with E-state index in [0.29, 0.717) is 24.7 Å². The minimum Gasteiger partial charge on any atom is -0.758 e. The summed E-state index contributed by atoms with van der Waals surface area (Å²) in [7, 11) is 1.93. The number of rotatable bonds is 7. The van der Waals surface area contributed by atoms with Crippen molar-refractivity contribution in [2.75, 3.05) is 13.2 Å². The predicted molar refractivity (Wildman–Crippen MR) is 122 cm³/mol. The highest BCUT2D eigenvalue weighted by Gasteiger charge is 2.24. The van der Waals surface area contributed by atoms with Crippen molar-refractivity contribution in [1.29, 1.82) is 0 Å². The molecule has 2 aromatic heterocycles. The molecule has 3 aromatic rings. The first-order valence-electron chi connectivity index (χ1n) is 11.0. The summed E-state index contributed by atoms with van der Waals surface area (Å²) in [6.45, 7) is 5.17. The fourth-order valence-electron chi connectivity index (χ4n) is 4.00. The van der Waals surface area contributed by atoms with E-state index in [-0.39, 0.29) is 5.92 Å². The smallest absolute Gasteiger partial charge is 0.208 e. The van der Waals surface area contributed by atoms with E-state index < -0.39 is 0 Å². The van der Waals surface area contributed by atoms with E-state index in [4.69, 9.17) is 4.74 Å². The standard InChI is InChI=1S/C25H29N5O2/c1-18-7-9-20(10-8-18)22-11-14-30(31)24(22)17-32-15-4-6-21-16-23(28-29(3)19(21)2)25-26-12-5-13-27-25/h5,7-10,12-13,16-17,22H,4,6,11,14-15H2,1-3H3/b24-17+/t22-/m1/s1. The molecule has 3 heterocycles. The average Bonchev–Trinajstić information content (AvgIpc) is 3.17. The molecule has 0 aliphatic carbocycles. The summed E-state index contributed by atoms with van der Waals surface area (Å²) in [6.07, 6.45) is 7.59. The Kier molecular flexibility index (Phi) is 6.75. The highest BCUT2D eigenvalue weighted by molar-refractivity contribution is 5.48. The third kappa shape index (κ3) is 4.94. The second-order valence-corrected chi connectivity index (χ2v) is 8.21. The van der Waals surface area contributed by atoms with Crippen molar-refractivity contribution in [3.05, 3.63) is 88.3 Å². The molecule has 1 saturated heterocycles. The number of benzene rings is 1. The Bertz CT molecular complexity index is 1080. The molecule has 0 N–H and O–H groups in total. The second-order valence-electron chi connectivity index (χ2n) is 8.21. The lowest BCUT2D eigenvalue weighted by Crippen LogP contribution is -2.38. The molecule has 0 amide bonds. The van der Waals surface area contributed by atoms with E-state index in [9.17, 15) is 5.21 Å². The zero-order chi connectivity index (χ0) is 22.5. The Labute approximate surface area is 189 Å². The predicted octanol–water partition coefficient (Wildman–Crippen LogP) is 3.76. The van der Waals surface area contributed by atoms with Crippen molar-refractivity contribution in [3.8, 4) is 11.5 Å². The Hall–Kier alpha value is -3.32. The number of allylic oxidation sites excluding steroid dienone is 1. The lowest BCUT2D eigenvalue weighted by molar-refractivity contribution is -0.735. The topological polar surface area (TPSA) is 78.1 Å². The summed E-state index contributed by atoms with van der Waals surface area (Å²) in [6, 6.07) is 12.2. The maximum absolute atomic E-state index is 12.3. The quantitative estimate of drug-likeness (QED) is 0.322. The van der Waals surface area contributed by atoms with Gasteiger partial charge in [-0.05, 0) is 43.9 Å². The molecule has 1 fully saturated rings. The fourth-order valence-corrected chi connectivity index (χ4v) is 4.00. The summed E-state index contributed by atoms with van der Waals surface area (Å²) in [5, 5.41) is 17.9. The molecule has 1 atom stereocenters. The fraction of sp³-hybridized carbons (Fsp3) is 0.360. The molecule has 0 bridgehead atoms. The Morgan fingerprint density at radius 3 is 2.69 bits per heavy atom. The van der Waals surface area contributed by atoms with E-state index in [1.54, 1.807) is 24.7 Å². The number of hydrogen-bond acceptors (Lipinski definition) is 6. The van der Waals surface area contributed by atoms with Crippen LogP contribution in [0.15, 0.2) is 60.8 Å². The highest BCUT2D eigenvalue weighted by atomic mass is 16.5. The van der Waals surface area contributed by atoms with Gasteiger partial charge in [-0.15, -0.1) is 0 Å². The van der Waals surface area contributed by atoms with Crippen LogP contribution in [0.1, 0.15) is 41.1 Å². The van der Waals surface area contributed by atoms with Crippen molar-refractivity contribution in [2.45, 2.75) is 39.0 Å². The first kappa shape index (κ1) is 21.9. The number of aryl methyl sites for hydroxylation is 3. The Morgan fingerprint density at radius 2 is 1.94 bits per heavy atom. The number of ether oxygens (including phenoxy) is 1. The number of hydroxylamine groups is 2. The van der Waals surface area contributed by atoms with Crippen molar-refractivity contribution in [2.24, 2.45) is 7.05 Å². The van der Waals surface area contributed by atoms with Crippen LogP contribution in [-0.4, -0.2) is 33.3 Å². The number of nitrogens with zero attached hydrogens (tertiary/aromatic N) is 5. The van der Waals surface area contributed by atoms with Crippen LogP contribution in [0, 0.1) is 19.1 Å². The molecule has 0 radical (unpaired) electrons. The van der Waals surface area contributed by atoms with Gasteiger partial charge >= 0.3 is 0 Å². The van der Waals surface area contributed by atoms with Crippen LogP contribution >= 0.6 is 0 Å². The monoisotopic (exact) mass is 431 g/mol. The first-order chi connectivity index (χ1) is 15.5. The van der Waals surface area contributed by atoms with Crippen molar-refractivity contribution >= 4 is 0 Å². The zero-order valence-electron chi connectivity index (χ0n) is 18.9. The van der Waals surface area contributed by atoms with E-state index >= 15 is 0 Å². The van der Waals surface area contributed by atoms with Crippen LogP contribution in [0.4, 0.5) is 0 Å². The maximum atomic E-state index is 12.3. The van der Waals surface area contributed by atoms with Gasteiger partial charge in [0.15, 0.2) is 18.6 Å². The molecule has 4 rings (SSSR count). The van der Waals surface area contributed by atoms with Gasteiger partial charge in [0.2, 0.25) is 5.69 Å². The minimum atomic E-state index is 0.100. The molecule has 7 heteroatoms. The lowest BCUT2D eigenvalue weighted by atomic mass is 9.95. The van der Waals surface area contributed by atoms with Gasteiger partial charge < -0.3 is 15.0 Å². The van der Waals surface area contributed by atoms with E-state index in [2.05, 4.69) is 53.2 Å². The molecule has 7 nitrogen and oxygen atoms in total. The van der Waals surface area contributed by atoms with E-state index in [1.807, 2.05) is 17.8 Å². The molecule has 32 heavy (non-hydrogen) atoms. The van der Waals surface area contributed by atoms with Gasteiger partial charge in [-0.3, -0.25) is 0 Å². The number of hydrogen-bond donors (Lipinski definition) is 0. The van der Waals surface area contributed by atoms with Crippen molar-refractivity contribution < 1.29 is 9.42 Å². The van der Waals surface area contributed by atoms with Gasteiger partial charge in [-0.1, -0.05) is 34.5 Å². The summed E-state index contributed by atoms with van der Waals surface area (Å²) < 4.78 is 7.68. The van der Waals surface area contributed by atoms with Gasteiger partial charge in [0.1, 0.15) is 6.26 Å². The molecule has 1 aliphatic heterocycles. The van der Waals surface area contributed by atoms with Gasteiger partial charge in [0.25, 0.3) is 0 Å².